The largest absolute Gasteiger partial charge is 0.378 e. The van der Waals surface area contributed by atoms with Crippen LogP contribution in [0, 0.1) is 13.8 Å². The van der Waals surface area contributed by atoms with Gasteiger partial charge in [-0.3, -0.25) is 14.4 Å². The molecule has 2 atom stereocenters. The van der Waals surface area contributed by atoms with E-state index in [9.17, 15) is 4.79 Å². The predicted octanol–water partition coefficient (Wildman–Crippen LogP) is 1.91. The number of hydrogen-bond acceptors (Lipinski definition) is 5. The van der Waals surface area contributed by atoms with Crippen LogP contribution in [0.2, 0.25) is 0 Å². The van der Waals surface area contributed by atoms with E-state index in [1.807, 2.05) is 31.9 Å². The molecule has 2 aromatic rings. The Balaban J connectivity index is 1.60. The summed E-state index contributed by atoms with van der Waals surface area (Å²) in [6.07, 6.45) is 2.32. The van der Waals surface area contributed by atoms with Gasteiger partial charge in [0.25, 0.3) is 5.91 Å². The maximum atomic E-state index is 13.4. The van der Waals surface area contributed by atoms with Crippen molar-refractivity contribution in [3.8, 4) is 0 Å². The number of aromatic nitrogens is 3. The van der Waals surface area contributed by atoms with E-state index in [0.717, 1.165) is 67.1 Å². The van der Waals surface area contributed by atoms with Gasteiger partial charge in [-0.2, -0.15) is 5.10 Å². The Labute approximate surface area is 160 Å². The van der Waals surface area contributed by atoms with Crippen LogP contribution in [0.4, 0.5) is 0 Å². The molecule has 4 rings (SSSR count). The first-order valence-electron chi connectivity index (χ1n) is 9.93. The Kier molecular flexibility index (Phi) is 4.90. The highest BCUT2D eigenvalue weighted by molar-refractivity contribution is 6.06. The second-order valence-electron chi connectivity index (χ2n) is 7.84. The van der Waals surface area contributed by atoms with Crippen molar-refractivity contribution < 1.29 is 9.53 Å². The Bertz CT molecular complexity index is 860. The number of aryl methyl sites for hydroxylation is 3. The van der Waals surface area contributed by atoms with Crippen LogP contribution in [-0.2, 0) is 11.8 Å². The van der Waals surface area contributed by atoms with Gasteiger partial charge in [-0.05, 0) is 26.3 Å². The highest BCUT2D eigenvalue weighted by Gasteiger charge is 2.37. The Morgan fingerprint density at radius 2 is 2.11 bits per heavy atom. The van der Waals surface area contributed by atoms with Crippen LogP contribution < -0.4 is 0 Å². The topological polar surface area (TPSA) is 63.5 Å². The standard InChI is InChI=1S/C20H29N5O2/c1-5-6-15-11-27-12-16-10-24(7-8-25(15)16)20(26)17-9-13(2)21-19-18(17)14(3)22-23(19)4/h9,15-16H,5-8,10-12H2,1-4H3/t15-,16+/m0/s1. The summed E-state index contributed by atoms with van der Waals surface area (Å²) in [5, 5.41) is 5.34. The molecule has 0 aliphatic carbocycles. The zero-order valence-corrected chi connectivity index (χ0v) is 16.7. The van der Waals surface area contributed by atoms with Gasteiger partial charge in [0, 0.05) is 38.4 Å². The lowest BCUT2D eigenvalue weighted by Gasteiger charge is -2.48. The Morgan fingerprint density at radius 1 is 1.30 bits per heavy atom. The molecule has 0 aromatic carbocycles. The van der Waals surface area contributed by atoms with Crippen LogP contribution >= 0.6 is 0 Å². The molecule has 2 aromatic heterocycles. The van der Waals surface area contributed by atoms with E-state index in [-0.39, 0.29) is 5.91 Å². The molecule has 2 aliphatic rings. The molecule has 0 spiro atoms. The third-order valence-corrected chi connectivity index (χ3v) is 5.85. The lowest BCUT2D eigenvalue weighted by Crippen LogP contribution is -2.62. The summed E-state index contributed by atoms with van der Waals surface area (Å²) in [4.78, 5) is 22.5. The van der Waals surface area contributed by atoms with Crippen LogP contribution in [0.15, 0.2) is 6.07 Å². The maximum absolute atomic E-state index is 13.4. The van der Waals surface area contributed by atoms with Gasteiger partial charge < -0.3 is 9.64 Å². The van der Waals surface area contributed by atoms with Crippen molar-refractivity contribution in [3.63, 3.8) is 0 Å². The average Bonchev–Trinajstić information content (AvgIpc) is 2.94. The van der Waals surface area contributed by atoms with Crippen LogP contribution in [0.3, 0.4) is 0 Å². The van der Waals surface area contributed by atoms with Crippen molar-refractivity contribution >= 4 is 16.9 Å². The van der Waals surface area contributed by atoms with Gasteiger partial charge >= 0.3 is 0 Å². The van der Waals surface area contributed by atoms with Gasteiger partial charge in [-0.15, -0.1) is 0 Å². The molecule has 7 nitrogen and oxygen atoms in total. The number of nitrogens with zero attached hydrogens (tertiary/aromatic N) is 5. The lowest BCUT2D eigenvalue weighted by atomic mass is 10.0. The second-order valence-corrected chi connectivity index (χ2v) is 7.84. The number of hydrogen-bond donors (Lipinski definition) is 0. The van der Waals surface area contributed by atoms with Gasteiger partial charge in [0.15, 0.2) is 5.65 Å². The summed E-state index contributed by atoms with van der Waals surface area (Å²) >= 11 is 0. The van der Waals surface area contributed by atoms with E-state index >= 15 is 0 Å². The zero-order valence-electron chi connectivity index (χ0n) is 16.7. The fraction of sp³-hybridized carbons (Fsp3) is 0.650. The number of amides is 1. The van der Waals surface area contributed by atoms with E-state index in [1.165, 1.54) is 0 Å². The van der Waals surface area contributed by atoms with Crippen LogP contribution in [0.1, 0.15) is 41.5 Å². The van der Waals surface area contributed by atoms with Crippen LogP contribution in [0.25, 0.3) is 11.0 Å². The summed E-state index contributed by atoms with van der Waals surface area (Å²) in [5.74, 6) is 0.0823. The molecule has 0 bridgehead atoms. The highest BCUT2D eigenvalue weighted by atomic mass is 16.5. The number of piperazine rings is 1. The zero-order chi connectivity index (χ0) is 19.1. The third kappa shape index (κ3) is 3.23. The number of ether oxygens (including phenoxy) is 1. The number of carbonyl (C=O) groups is 1. The quantitative estimate of drug-likeness (QED) is 0.825. The number of pyridine rings is 1. The number of morpholine rings is 1. The molecule has 2 aliphatic heterocycles. The molecule has 0 saturated carbocycles. The van der Waals surface area contributed by atoms with Gasteiger partial charge in [-0.25, -0.2) is 4.98 Å². The first-order valence-corrected chi connectivity index (χ1v) is 9.93. The summed E-state index contributed by atoms with van der Waals surface area (Å²) in [6, 6.07) is 2.69. The van der Waals surface area contributed by atoms with E-state index in [4.69, 9.17) is 4.74 Å². The van der Waals surface area contributed by atoms with Gasteiger partial charge in [-0.1, -0.05) is 13.3 Å². The highest BCUT2D eigenvalue weighted by Crippen LogP contribution is 2.26. The van der Waals surface area contributed by atoms with Crippen molar-refractivity contribution in [1.29, 1.82) is 0 Å². The number of carbonyl (C=O) groups excluding carboxylic acids is 1. The minimum absolute atomic E-state index is 0.0823. The lowest BCUT2D eigenvalue weighted by molar-refractivity contribution is -0.0776. The fourth-order valence-corrected chi connectivity index (χ4v) is 4.61. The Morgan fingerprint density at radius 3 is 2.89 bits per heavy atom. The van der Waals surface area contributed by atoms with Crippen molar-refractivity contribution in [3.05, 3.63) is 23.0 Å². The van der Waals surface area contributed by atoms with E-state index in [0.29, 0.717) is 18.7 Å². The van der Waals surface area contributed by atoms with Gasteiger partial charge in [0.1, 0.15) is 0 Å². The fourth-order valence-electron chi connectivity index (χ4n) is 4.61. The first-order chi connectivity index (χ1) is 13.0. The molecule has 4 heterocycles. The molecule has 2 fully saturated rings. The summed E-state index contributed by atoms with van der Waals surface area (Å²) < 4.78 is 7.61. The van der Waals surface area contributed by atoms with Crippen molar-refractivity contribution in [2.45, 2.75) is 45.7 Å². The Hall–Kier alpha value is -1.99. The number of rotatable bonds is 3. The van der Waals surface area contributed by atoms with E-state index in [2.05, 4.69) is 21.9 Å². The molecule has 0 unspecified atom stereocenters. The smallest absolute Gasteiger partial charge is 0.254 e. The summed E-state index contributed by atoms with van der Waals surface area (Å²) in [5.41, 5.74) is 3.19. The molecule has 0 N–H and O–H groups in total. The molecule has 2 saturated heterocycles. The van der Waals surface area contributed by atoms with Crippen LogP contribution in [0.5, 0.6) is 0 Å². The predicted molar refractivity (Wildman–Crippen MR) is 104 cm³/mol. The van der Waals surface area contributed by atoms with Crippen molar-refractivity contribution in [1.82, 2.24) is 24.6 Å². The molecule has 1 amide bonds. The van der Waals surface area contributed by atoms with E-state index in [1.54, 1.807) is 4.68 Å². The third-order valence-electron chi connectivity index (χ3n) is 5.85. The van der Waals surface area contributed by atoms with Crippen LogP contribution in [-0.4, -0.2) is 75.4 Å². The SMILES string of the molecule is CCC[C@H]1COC[C@H]2CN(C(=O)c3cc(C)nc4c3c(C)nn4C)CCN12. The van der Waals surface area contributed by atoms with Crippen molar-refractivity contribution in [2.75, 3.05) is 32.8 Å². The summed E-state index contributed by atoms with van der Waals surface area (Å²) in [7, 11) is 1.88. The second kappa shape index (κ2) is 7.20. The molecular weight excluding hydrogens is 342 g/mol. The summed E-state index contributed by atoms with van der Waals surface area (Å²) in [6.45, 7) is 10.0. The molecule has 7 heteroatoms. The average molecular weight is 371 g/mol. The monoisotopic (exact) mass is 371 g/mol. The molecule has 0 radical (unpaired) electrons. The normalized spacial score (nSPS) is 23.6. The minimum Gasteiger partial charge on any atom is -0.378 e. The van der Waals surface area contributed by atoms with Gasteiger partial charge in [0.2, 0.25) is 0 Å². The minimum atomic E-state index is 0.0823. The first kappa shape index (κ1) is 18.4. The van der Waals surface area contributed by atoms with E-state index < -0.39 is 0 Å². The number of fused-ring (bicyclic) bond motifs is 2. The molecule has 146 valence electrons. The van der Waals surface area contributed by atoms with Crippen molar-refractivity contribution in [2.24, 2.45) is 7.05 Å². The molecule has 27 heavy (non-hydrogen) atoms. The molecular formula is C20H29N5O2. The maximum Gasteiger partial charge on any atom is 0.254 e. The van der Waals surface area contributed by atoms with Gasteiger partial charge in [0.05, 0.1) is 35.9 Å².